The van der Waals surface area contributed by atoms with E-state index >= 15 is 0 Å². The number of nitrogens with zero attached hydrogens (tertiary/aromatic N) is 3. The van der Waals surface area contributed by atoms with Crippen molar-refractivity contribution in [3.63, 3.8) is 0 Å². The highest BCUT2D eigenvalue weighted by Crippen LogP contribution is 2.22. The first-order valence-electron chi connectivity index (χ1n) is 8.98. The summed E-state index contributed by atoms with van der Waals surface area (Å²) in [5.41, 5.74) is 1.18. The minimum atomic E-state index is -0.840. The summed E-state index contributed by atoms with van der Waals surface area (Å²) < 4.78 is 24.7. The first-order chi connectivity index (χ1) is 14.0. The number of unbranched alkanes of at least 4 members (excludes halogenated alkanes) is 2. The number of amides is 3. The van der Waals surface area contributed by atoms with Crippen LogP contribution in [-0.2, 0) is 0 Å². The minimum Gasteiger partial charge on any atom is -0.491 e. The van der Waals surface area contributed by atoms with E-state index in [1.807, 2.05) is 0 Å². The zero-order valence-electron chi connectivity index (χ0n) is 15.6. The number of carbonyl (C=O) groups excluding carboxylic acids is 2. The second-order valence-electron chi connectivity index (χ2n) is 6.22. The normalized spacial score (nSPS) is 10.7. The monoisotopic (exact) mass is 418 g/mol. The van der Waals surface area contributed by atoms with Gasteiger partial charge in [0.15, 0.2) is 11.6 Å². The zero-order valence-corrected chi connectivity index (χ0v) is 16.5. The van der Waals surface area contributed by atoms with Crippen molar-refractivity contribution in [2.24, 2.45) is 0 Å². The molecule has 0 radical (unpaired) electrons. The molecule has 3 amide bonds. The molecule has 3 rings (SSSR count). The van der Waals surface area contributed by atoms with E-state index in [9.17, 15) is 14.0 Å². The van der Waals surface area contributed by atoms with Gasteiger partial charge in [-0.3, -0.25) is 4.79 Å². The fourth-order valence-corrected chi connectivity index (χ4v) is 2.70. The number of halogens is 1. The van der Waals surface area contributed by atoms with Gasteiger partial charge >= 0.3 is 6.03 Å². The number of fused-ring (bicyclic) bond motifs is 1. The van der Waals surface area contributed by atoms with E-state index in [1.54, 1.807) is 0 Å². The average Bonchev–Trinajstić information content (AvgIpc) is 3.19. The number of anilines is 1. The molecule has 0 aliphatic rings. The maximum Gasteiger partial charge on any atom is 0.338 e. The van der Waals surface area contributed by atoms with Crippen LogP contribution in [-0.4, -0.2) is 33.2 Å². The Morgan fingerprint density at radius 2 is 1.97 bits per heavy atom. The van der Waals surface area contributed by atoms with Crippen molar-refractivity contribution in [2.45, 2.75) is 26.2 Å². The van der Waals surface area contributed by atoms with Crippen molar-refractivity contribution < 1.29 is 23.3 Å². The average molecular weight is 418 g/mol. The predicted molar refractivity (Wildman–Crippen MR) is 107 cm³/mol. The molecule has 3 aromatic rings. The van der Waals surface area contributed by atoms with Crippen molar-refractivity contribution >= 4 is 41.5 Å². The zero-order chi connectivity index (χ0) is 20.8. The van der Waals surface area contributed by atoms with Crippen LogP contribution in [0.25, 0.3) is 11.0 Å². The summed E-state index contributed by atoms with van der Waals surface area (Å²) in [7, 11) is 0. The third-order valence-electron chi connectivity index (χ3n) is 4.07. The van der Waals surface area contributed by atoms with Crippen LogP contribution < -0.4 is 10.1 Å². The molecular formula is C19H19FN4O4S. The topological polar surface area (TPSA) is 97.6 Å². The molecule has 0 aliphatic heterocycles. The number of carbonyl (C=O) groups is 2. The molecule has 1 N–H and O–H groups in total. The number of benzene rings is 2. The summed E-state index contributed by atoms with van der Waals surface area (Å²) in [5, 5.41) is 9.71. The van der Waals surface area contributed by atoms with E-state index < -0.39 is 17.8 Å². The molecular weight excluding hydrogens is 399 g/mol. The van der Waals surface area contributed by atoms with Crippen LogP contribution in [0.3, 0.4) is 0 Å². The number of nitrogens with one attached hydrogen (secondary N) is 1. The minimum absolute atomic E-state index is 0.104. The molecule has 0 atom stereocenters. The Hall–Kier alpha value is -3.14. The van der Waals surface area contributed by atoms with Crippen molar-refractivity contribution in [1.29, 1.82) is 0 Å². The lowest BCUT2D eigenvalue weighted by Crippen LogP contribution is -2.32. The fraction of sp³-hybridized carbons (Fsp3) is 0.263. The Morgan fingerprint density at radius 1 is 1.17 bits per heavy atom. The summed E-state index contributed by atoms with van der Waals surface area (Å²) in [6.07, 6.45) is 2.88. The van der Waals surface area contributed by atoms with Gasteiger partial charge in [0.2, 0.25) is 0 Å². The lowest BCUT2D eigenvalue weighted by atomic mass is 10.2. The summed E-state index contributed by atoms with van der Waals surface area (Å²) >= 11 is 3.95. The van der Waals surface area contributed by atoms with E-state index in [0.29, 0.717) is 21.9 Å². The highest BCUT2D eigenvalue weighted by atomic mass is 32.1. The number of aromatic nitrogens is 2. The van der Waals surface area contributed by atoms with Crippen LogP contribution in [0.5, 0.6) is 5.75 Å². The number of hydrogen-bond acceptors (Lipinski definition) is 7. The molecule has 0 fully saturated rings. The Kier molecular flexibility index (Phi) is 6.65. The number of rotatable bonds is 7. The van der Waals surface area contributed by atoms with Gasteiger partial charge in [0.05, 0.1) is 6.61 Å². The maximum absolute atomic E-state index is 14.2. The molecule has 0 unspecified atom stereocenters. The smallest absolute Gasteiger partial charge is 0.338 e. The molecule has 0 spiro atoms. The molecule has 1 heterocycles. The Labute approximate surface area is 171 Å². The molecule has 10 heteroatoms. The molecule has 0 saturated carbocycles. The SMILES string of the molecule is CCCCCOc1ccc(NC(=O)N(S)C(=O)c2ccc3nonc3c2)cc1F. The van der Waals surface area contributed by atoms with Gasteiger partial charge in [0, 0.05) is 17.3 Å². The second-order valence-corrected chi connectivity index (χ2v) is 6.62. The Morgan fingerprint density at radius 3 is 2.72 bits per heavy atom. The highest BCUT2D eigenvalue weighted by molar-refractivity contribution is 7.79. The summed E-state index contributed by atoms with van der Waals surface area (Å²) in [5.74, 6) is -1.19. The summed E-state index contributed by atoms with van der Waals surface area (Å²) in [6, 6.07) is 7.61. The van der Waals surface area contributed by atoms with E-state index in [2.05, 4.69) is 40.0 Å². The van der Waals surface area contributed by atoms with E-state index in [1.165, 1.54) is 30.3 Å². The first-order valence-corrected chi connectivity index (χ1v) is 9.38. The largest absolute Gasteiger partial charge is 0.491 e. The molecule has 2 aromatic carbocycles. The molecule has 0 aliphatic carbocycles. The summed E-state index contributed by atoms with van der Waals surface area (Å²) in [6.45, 7) is 2.48. The van der Waals surface area contributed by atoms with Gasteiger partial charge < -0.3 is 10.1 Å². The van der Waals surface area contributed by atoms with Crippen molar-refractivity contribution in [3.05, 3.63) is 47.8 Å². The number of urea groups is 1. The number of hydrogen-bond donors (Lipinski definition) is 2. The van der Waals surface area contributed by atoms with Gasteiger partial charge in [-0.15, -0.1) is 0 Å². The molecule has 1 aromatic heterocycles. The standard InChI is InChI=1S/C19H19FN4O4S/c1-2-3-4-9-27-17-8-6-13(11-14(17)20)21-19(26)24(29)18(25)12-5-7-15-16(10-12)23-28-22-15/h5-8,10-11,29H,2-4,9H2,1H3,(H,21,26). The lowest BCUT2D eigenvalue weighted by molar-refractivity contribution is 0.0902. The van der Waals surface area contributed by atoms with E-state index in [-0.39, 0.29) is 17.0 Å². The van der Waals surface area contributed by atoms with Crippen molar-refractivity contribution in [3.8, 4) is 5.75 Å². The highest BCUT2D eigenvalue weighted by Gasteiger charge is 2.21. The lowest BCUT2D eigenvalue weighted by Gasteiger charge is -2.15. The molecule has 152 valence electrons. The number of imide groups is 1. The molecule has 0 saturated heterocycles. The summed E-state index contributed by atoms with van der Waals surface area (Å²) in [4.78, 5) is 24.7. The Bertz CT molecular complexity index is 1030. The van der Waals surface area contributed by atoms with Crippen LogP contribution in [0.2, 0.25) is 0 Å². The van der Waals surface area contributed by atoms with Crippen LogP contribution in [0.1, 0.15) is 36.5 Å². The third kappa shape index (κ3) is 5.02. The van der Waals surface area contributed by atoms with E-state index in [0.717, 1.165) is 25.3 Å². The van der Waals surface area contributed by atoms with Gasteiger partial charge in [-0.2, -0.15) is 0 Å². The van der Waals surface area contributed by atoms with Crippen LogP contribution in [0.4, 0.5) is 14.9 Å². The van der Waals surface area contributed by atoms with E-state index in [4.69, 9.17) is 4.74 Å². The maximum atomic E-state index is 14.2. The molecule has 8 nitrogen and oxygen atoms in total. The van der Waals surface area contributed by atoms with Crippen LogP contribution in [0.15, 0.2) is 41.0 Å². The van der Waals surface area contributed by atoms with Gasteiger partial charge in [0.25, 0.3) is 5.91 Å². The Balaban J connectivity index is 1.62. The molecule has 0 bridgehead atoms. The van der Waals surface area contributed by atoms with Gasteiger partial charge in [-0.05, 0) is 47.1 Å². The van der Waals surface area contributed by atoms with Gasteiger partial charge in [-0.25, -0.2) is 18.1 Å². The second kappa shape index (κ2) is 9.37. The molecule has 29 heavy (non-hydrogen) atoms. The number of thiol groups is 1. The quantitative estimate of drug-likeness (QED) is 0.435. The number of ether oxygens (including phenoxy) is 1. The van der Waals surface area contributed by atoms with Gasteiger partial charge in [0.1, 0.15) is 11.0 Å². The fourth-order valence-electron chi connectivity index (χ4n) is 2.54. The van der Waals surface area contributed by atoms with Crippen LogP contribution >= 0.6 is 12.8 Å². The first kappa shape index (κ1) is 20.6. The predicted octanol–water partition coefficient (Wildman–Crippen LogP) is 4.45. The van der Waals surface area contributed by atoms with Gasteiger partial charge in [-0.1, -0.05) is 32.6 Å². The van der Waals surface area contributed by atoms with Crippen LogP contribution in [0, 0.1) is 5.82 Å². The third-order valence-corrected chi connectivity index (χ3v) is 4.44. The van der Waals surface area contributed by atoms with Crippen molar-refractivity contribution in [1.82, 2.24) is 14.6 Å². The van der Waals surface area contributed by atoms with Crippen molar-refractivity contribution in [2.75, 3.05) is 11.9 Å².